The standard InChI is InChI=1S/C28H21N3O6/c32-25(22-16-18-8-1-6-13-24(18)37-28(22)35)30-29-17-19-9-2-5-12-23(19)36-15-7-14-31-26(33)20-10-3-4-11-21(20)27(31)34/h1-6,8-13,16-17H,7,14-15H2,(H,30,32)/b29-17+. The highest BCUT2D eigenvalue weighted by Crippen LogP contribution is 2.23. The fourth-order valence-corrected chi connectivity index (χ4v) is 4.01. The molecule has 9 heteroatoms. The van der Waals surface area contributed by atoms with Crippen molar-refractivity contribution in [2.75, 3.05) is 13.2 Å². The van der Waals surface area contributed by atoms with E-state index in [4.69, 9.17) is 9.15 Å². The number of carbonyl (C=O) groups is 3. The van der Waals surface area contributed by atoms with Crippen LogP contribution in [-0.4, -0.2) is 42.0 Å². The number of hydrogen-bond donors (Lipinski definition) is 1. The molecule has 0 unspecified atom stereocenters. The average Bonchev–Trinajstić information content (AvgIpc) is 3.16. The van der Waals surface area contributed by atoms with Crippen LogP contribution in [0.2, 0.25) is 0 Å². The van der Waals surface area contributed by atoms with Gasteiger partial charge < -0.3 is 9.15 Å². The molecule has 1 N–H and O–H groups in total. The van der Waals surface area contributed by atoms with Crippen LogP contribution in [0.4, 0.5) is 0 Å². The van der Waals surface area contributed by atoms with Crippen LogP contribution in [0.3, 0.4) is 0 Å². The molecule has 0 saturated carbocycles. The summed E-state index contributed by atoms with van der Waals surface area (Å²) in [5.74, 6) is -0.795. The molecular weight excluding hydrogens is 474 g/mol. The van der Waals surface area contributed by atoms with Crippen molar-refractivity contribution in [1.29, 1.82) is 0 Å². The minimum atomic E-state index is -0.756. The zero-order valence-corrected chi connectivity index (χ0v) is 19.5. The zero-order valence-electron chi connectivity index (χ0n) is 19.5. The molecule has 0 radical (unpaired) electrons. The molecule has 1 aliphatic heterocycles. The lowest BCUT2D eigenvalue weighted by Gasteiger charge is -2.14. The van der Waals surface area contributed by atoms with Gasteiger partial charge in [-0.2, -0.15) is 5.10 Å². The van der Waals surface area contributed by atoms with E-state index in [2.05, 4.69) is 10.5 Å². The number of carbonyl (C=O) groups excluding carboxylic acids is 3. The van der Waals surface area contributed by atoms with Crippen molar-refractivity contribution in [2.45, 2.75) is 6.42 Å². The molecule has 0 aliphatic carbocycles. The fraction of sp³-hybridized carbons (Fsp3) is 0.107. The first-order valence-corrected chi connectivity index (χ1v) is 11.6. The van der Waals surface area contributed by atoms with Gasteiger partial charge in [-0.3, -0.25) is 19.3 Å². The van der Waals surface area contributed by atoms with E-state index in [1.54, 1.807) is 72.8 Å². The highest BCUT2D eigenvalue weighted by atomic mass is 16.5. The maximum absolute atomic E-state index is 12.5. The summed E-state index contributed by atoms with van der Waals surface area (Å²) in [5, 5.41) is 4.57. The van der Waals surface area contributed by atoms with Crippen LogP contribution in [-0.2, 0) is 0 Å². The van der Waals surface area contributed by atoms with Crippen molar-refractivity contribution in [3.63, 3.8) is 0 Å². The number of hydrogen-bond acceptors (Lipinski definition) is 7. The van der Waals surface area contributed by atoms with E-state index in [0.717, 1.165) is 0 Å². The summed E-state index contributed by atoms with van der Waals surface area (Å²) in [6, 6.07) is 22.2. The number of nitrogens with one attached hydrogen (secondary N) is 1. The Morgan fingerprint density at radius 2 is 1.59 bits per heavy atom. The number of benzene rings is 3. The SMILES string of the molecule is O=C(N/N=C/c1ccccc1OCCCN1C(=O)c2ccccc2C1=O)c1cc2ccccc2oc1=O. The number of nitrogens with zero attached hydrogens (tertiary/aromatic N) is 2. The Labute approximate surface area is 211 Å². The molecule has 37 heavy (non-hydrogen) atoms. The van der Waals surface area contributed by atoms with E-state index in [-0.39, 0.29) is 30.5 Å². The van der Waals surface area contributed by atoms with Gasteiger partial charge in [-0.1, -0.05) is 42.5 Å². The predicted octanol–water partition coefficient (Wildman–Crippen LogP) is 3.62. The quantitative estimate of drug-likeness (QED) is 0.131. The summed E-state index contributed by atoms with van der Waals surface area (Å²) in [4.78, 5) is 50.8. The molecule has 2 heterocycles. The number of hydrazone groups is 1. The molecule has 1 aliphatic rings. The topological polar surface area (TPSA) is 118 Å². The van der Waals surface area contributed by atoms with Gasteiger partial charge in [0.05, 0.1) is 23.9 Å². The Balaban J connectivity index is 1.18. The van der Waals surface area contributed by atoms with Crippen LogP contribution in [0, 0.1) is 0 Å². The van der Waals surface area contributed by atoms with Gasteiger partial charge in [0.15, 0.2) is 0 Å². The lowest BCUT2D eigenvalue weighted by Crippen LogP contribution is -2.31. The minimum absolute atomic E-state index is 0.159. The van der Waals surface area contributed by atoms with Gasteiger partial charge in [0.2, 0.25) is 0 Å². The first-order chi connectivity index (χ1) is 18.0. The second kappa shape index (κ2) is 10.3. The van der Waals surface area contributed by atoms with Crippen molar-refractivity contribution < 1.29 is 23.5 Å². The largest absolute Gasteiger partial charge is 0.493 e. The highest BCUT2D eigenvalue weighted by molar-refractivity contribution is 6.21. The predicted molar refractivity (Wildman–Crippen MR) is 136 cm³/mol. The molecule has 3 aromatic carbocycles. The van der Waals surface area contributed by atoms with E-state index in [1.165, 1.54) is 17.2 Å². The third-order valence-corrected chi connectivity index (χ3v) is 5.84. The molecule has 4 aromatic rings. The van der Waals surface area contributed by atoms with Gasteiger partial charge in [-0.25, -0.2) is 10.2 Å². The summed E-state index contributed by atoms with van der Waals surface area (Å²) < 4.78 is 11.0. The van der Waals surface area contributed by atoms with Crippen LogP contribution in [0.1, 0.15) is 43.1 Å². The second-order valence-corrected chi connectivity index (χ2v) is 8.23. The molecular formula is C28H21N3O6. The van der Waals surface area contributed by atoms with Crippen molar-refractivity contribution >= 4 is 34.9 Å². The van der Waals surface area contributed by atoms with E-state index >= 15 is 0 Å². The molecule has 0 atom stereocenters. The minimum Gasteiger partial charge on any atom is -0.493 e. The van der Waals surface area contributed by atoms with Crippen molar-refractivity contribution in [3.05, 3.63) is 112 Å². The molecule has 5 rings (SSSR count). The van der Waals surface area contributed by atoms with Crippen molar-refractivity contribution in [3.8, 4) is 5.75 Å². The lowest BCUT2D eigenvalue weighted by atomic mass is 10.1. The number of ether oxygens (including phenoxy) is 1. The molecule has 9 nitrogen and oxygen atoms in total. The smallest absolute Gasteiger partial charge is 0.349 e. The van der Waals surface area contributed by atoms with Crippen LogP contribution < -0.4 is 15.8 Å². The summed E-state index contributed by atoms with van der Waals surface area (Å²) >= 11 is 0. The summed E-state index contributed by atoms with van der Waals surface area (Å²) in [6.45, 7) is 0.482. The Bertz CT molecular complexity index is 1570. The molecule has 184 valence electrons. The third kappa shape index (κ3) is 4.87. The first kappa shape index (κ1) is 23.7. The average molecular weight is 495 g/mol. The Morgan fingerprint density at radius 1 is 0.919 bits per heavy atom. The van der Waals surface area contributed by atoms with Gasteiger partial charge in [0.25, 0.3) is 17.7 Å². The second-order valence-electron chi connectivity index (χ2n) is 8.23. The number of amides is 3. The molecule has 0 bridgehead atoms. The van der Waals surface area contributed by atoms with Crippen molar-refractivity contribution in [1.82, 2.24) is 10.3 Å². The summed E-state index contributed by atoms with van der Waals surface area (Å²) in [7, 11) is 0. The molecule has 0 spiro atoms. The number of para-hydroxylation sites is 2. The summed E-state index contributed by atoms with van der Waals surface area (Å²) in [6.07, 6.45) is 1.84. The van der Waals surface area contributed by atoms with Crippen LogP contribution in [0.5, 0.6) is 5.75 Å². The van der Waals surface area contributed by atoms with E-state index in [0.29, 0.717) is 39.8 Å². The van der Waals surface area contributed by atoms with E-state index in [1.807, 2.05) is 0 Å². The monoisotopic (exact) mass is 495 g/mol. The maximum atomic E-state index is 12.5. The van der Waals surface area contributed by atoms with Gasteiger partial charge in [0.1, 0.15) is 16.9 Å². The number of rotatable bonds is 8. The van der Waals surface area contributed by atoms with Crippen LogP contribution in [0.15, 0.2) is 93.2 Å². The Kier molecular flexibility index (Phi) is 6.58. The van der Waals surface area contributed by atoms with Gasteiger partial charge in [0, 0.05) is 17.5 Å². The van der Waals surface area contributed by atoms with Crippen LogP contribution >= 0.6 is 0 Å². The maximum Gasteiger partial charge on any atom is 0.349 e. The van der Waals surface area contributed by atoms with Gasteiger partial charge >= 0.3 is 5.63 Å². The molecule has 0 saturated heterocycles. The number of fused-ring (bicyclic) bond motifs is 2. The first-order valence-electron chi connectivity index (χ1n) is 11.6. The van der Waals surface area contributed by atoms with Crippen LogP contribution in [0.25, 0.3) is 11.0 Å². The lowest BCUT2D eigenvalue weighted by molar-refractivity contribution is 0.0646. The Hall–Kier alpha value is -5.05. The van der Waals surface area contributed by atoms with E-state index < -0.39 is 11.5 Å². The normalized spacial score (nSPS) is 12.8. The van der Waals surface area contributed by atoms with Gasteiger partial charge in [-0.15, -0.1) is 0 Å². The molecule has 1 aromatic heterocycles. The van der Waals surface area contributed by atoms with Gasteiger partial charge in [-0.05, 0) is 42.8 Å². The Morgan fingerprint density at radius 3 is 2.38 bits per heavy atom. The molecule has 0 fully saturated rings. The third-order valence-electron chi connectivity index (χ3n) is 5.84. The fourth-order valence-electron chi connectivity index (χ4n) is 4.01. The van der Waals surface area contributed by atoms with E-state index in [9.17, 15) is 19.2 Å². The number of imide groups is 1. The summed E-state index contributed by atoms with van der Waals surface area (Å²) in [5.41, 5.74) is 3.23. The zero-order chi connectivity index (χ0) is 25.8. The highest BCUT2D eigenvalue weighted by Gasteiger charge is 2.34. The van der Waals surface area contributed by atoms with Crippen molar-refractivity contribution in [2.24, 2.45) is 5.10 Å². The molecule has 3 amide bonds.